The molecule has 0 atom stereocenters. The van der Waals surface area contributed by atoms with Gasteiger partial charge in [-0.1, -0.05) is 0 Å². The highest BCUT2D eigenvalue weighted by Crippen LogP contribution is 1.62. The van der Waals surface area contributed by atoms with E-state index in [0.717, 1.165) is 0 Å². The Balaban J connectivity index is 0.000000162. The summed E-state index contributed by atoms with van der Waals surface area (Å²) in [7, 11) is 0. The summed E-state index contributed by atoms with van der Waals surface area (Å²) in [5.41, 5.74) is 0. The van der Waals surface area contributed by atoms with Crippen molar-refractivity contribution in [2.24, 2.45) is 0 Å². The molecule has 7 heavy (non-hydrogen) atoms. The quantitative estimate of drug-likeness (QED) is 0.328. The number of hydrogen-bond acceptors (Lipinski definition) is 3. The van der Waals surface area contributed by atoms with Crippen LogP contribution in [-0.2, 0) is 0 Å². The number of nitrogens with one attached hydrogen (secondary N) is 1. The highest BCUT2D eigenvalue weighted by atomic mass is 17.0. The van der Waals surface area contributed by atoms with E-state index in [1.807, 2.05) is 0 Å². The second-order valence-electron chi connectivity index (χ2n) is 0.761. The molecule has 0 aliphatic rings. The minimum absolute atomic E-state index is 1.62. The molecule has 0 aliphatic heterocycles. The Morgan fingerprint density at radius 2 is 2.14 bits per heavy atom. The SMILES string of the molecule is OO.c1c[nH]cn1. The van der Waals surface area contributed by atoms with E-state index in [0.29, 0.717) is 0 Å². The summed E-state index contributed by atoms with van der Waals surface area (Å²) in [5.74, 6) is 0. The molecule has 4 heteroatoms. The van der Waals surface area contributed by atoms with E-state index in [1.54, 1.807) is 18.7 Å². The fourth-order valence-electron chi connectivity index (χ4n) is 0.215. The van der Waals surface area contributed by atoms with Crippen molar-refractivity contribution >= 4 is 0 Å². The zero-order valence-electron chi connectivity index (χ0n) is 3.57. The largest absolute Gasteiger partial charge is 0.351 e. The van der Waals surface area contributed by atoms with Crippen molar-refractivity contribution in [3.05, 3.63) is 18.7 Å². The van der Waals surface area contributed by atoms with Gasteiger partial charge in [-0.15, -0.1) is 0 Å². The average Bonchev–Trinajstić information content (AvgIpc) is 2.23. The summed E-state index contributed by atoms with van der Waals surface area (Å²) in [6.07, 6.45) is 5.08. The second-order valence-corrected chi connectivity index (χ2v) is 0.761. The number of aromatic nitrogens is 2. The first-order valence-electron chi connectivity index (χ1n) is 1.63. The maximum atomic E-state index is 6.00. The molecule has 0 amide bonds. The molecule has 0 fully saturated rings. The van der Waals surface area contributed by atoms with Crippen molar-refractivity contribution in [2.45, 2.75) is 0 Å². The van der Waals surface area contributed by atoms with Crippen LogP contribution >= 0.6 is 0 Å². The van der Waals surface area contributed by atoms with Gasteiger partial charge in [-0.2, -0.15) is 0 Å². The van der Waals surface area contributed by atoms with E-state index in [9.17, 15) is 0 Å². The third-order valence-corrected chi connectivity index (χ3v) is 0.406. The summed E-state index contributed by atoms with van der Waals surface area (Å²) in [6, 6.07) is 0. The Kier molecular flexibility index (Phi) is 4.49. The molecule has 0 saturated carbocycles. The number of H-pyrrole nitrogens is 1. The van der Waals surface area contributed by atoms with Crippen LogP contribution in [0.2, 0.25) is 0 Å². The standard InChI is InChI=1S/C3H4N2.H2O2/c1-2-5-3-4-1;1-2/h1-3H,(H,4,5);1-2H. The second kappa shape index (κ2) is 5.13. The predicted octanol–water partition coefficient (Wildman–Crippen LogP) is 0.427. The van der Waals surface area contributed by atoms with Crippen LogP contribution in [0.1, 0.15) is 0 Å². The minimum Gasteiger partial charge on any atom is -0.351 e. The van der Waals surface area contributed by atoms with Crippen LogP contribution in [0, 0.1) is 0 Å². The third-order valence-electron chi connectivity index (χ3n) is 0.406. The smallest absolute Gasteiger partial charge is 0.0919 e. The highest BCUT2D eigenvalue weighted by Gasteiger charge is 1.56. The van der Waals surface area contributed by atoms with Crippen LogP contribution in [-0.4, -0.2) is 20.5 Å². The van der Waals surface area contributed by atoms with Crippen LogP contribution in [0.3, 0.4) is 0 Å². The van der Waals surface area contributed by atoms with E-state index in [1.165, 1.54) is 0 Å². The summed E-state index contributed by atoms with van der Waals surface area (Å²) in [4.78, 5) is 6.42. The topological polar surface area (TPSA) is 69.1 Å². The van der Waals surface area contributed by atoms with Crippen molar-refractivity contribution < 1.29 is 10.5 Å². The van der Waals surface area contributed by atoms with Crippen molar-refractivity contribution in [1.29, 1.82) is 0 Å². The van der Waals surface area contributed by atoms with E-state index in [-0.39, 0.29) is 0 Å². The van der Waals surface area contributed by atoms with Gasteiger partial charge in [0.05, 0.1) is 6.33 Å². The van der Waals surface area contributed by atoms with E-state index >= 15 is 0 Å². The average molecular weight is 102 g/mol. The van der Waals surface area contributed by atoms with Gasteiger partial charge in [-0.25, -0.2) is 4.98 Å². The molecular weight excluding hydrogens is 96.0 g/mol. The lowest BCUT2D eigenvalue weighted by molar-refractivity contribution is -0.176. The van der Waals surface area contributed by atoms with E-state index < -0.39 is 0 Å². The predicted molar refractivity (Wildman–Crippen MR) is 23.8 cm³/mol. The maximum Gasteiger partial charge on any atom is 0.0919 e. The fourth-order valence-corrected chi connectivity index (χ4v) is 0.215. The van der Waals surface area contributed by atoms with Gasteiger partial charge >= 0.3 is 0 Å². The first-order chi connectivity index (χ1) is 3.50. The van der Waals surface area contributed by atoms with Gasteiger partial charge in [0, 0.05) is 12.4 Å². The Hall–Kier alpha value is -0.870. The minimum atomic E-state index is 1.62. The molecule has 0 aliphatic carbocycles. The molecule has 0 unspecified atom stereocenters. The Bertz CT molecular complexity index is 67.4. The van der Waals surface area contributed by atoms with Crippen LogP contribution in [0.5, 0.6) is 0 Å². The van der Waals surface area contributed by atoms with Crippen LogP contribution < -0.4 is 0 Å². The summed E-state index contributed by atoms with van der Waals surface area (Å²) in [6.45, 7) is 0. The number of aromatic amines is 1. The number of rotatable bonds is 0. The molecule has 1 aromatic heterocycles. The van der Waals surface area contributed by atoms with Crippen molar-refractivity contribution in [3.8, 4) is 0 Å². The van der Waals surface area contributed by atoms with Crippen molar-refractivity contribution in [1.82, 2.24) is 9.97 Å². The first kappa shape index (κ1) is 6.13. The summed E-state index contributed by atoms with van der Waals surface area (Å²) in [5, 5.41) is 12.0. The summed E-state index contributed by atoms with van der Waals surface area (Å²) < 4.78 is 0. The zero-order chi connectivity index (χ0) is 5.54. The van der Waals surface area contributed by atoms with Gasteiger partial charge in [-0.3, -0.25) is 10.5 Å². The molecule has 0 bridgehead atoms. The molecule has 0 aromatic carbocycles. The van der Waals surface area contributed by atoms with Gasteiger partial charge in [0.15, 0.2) is 0 Å². The molecule has 0 spiro atoms. The maximum absolute atomic E-state index is 6.00. The Morgan fingerprint density at radius 3 is 2.29 bits per heavy atom. The molecule has 0 radical (unpaired) electrons. The molecule has 4 nitrogen and oxygen atoms in total. The molecule has 40 valence electrons. The van der Waals surface area contributed by atoms with Gasteiger partial charge in [-0.05, 0) is 0 Å². The van der Waals surface area contributed by atoms with Gasteiger partial charge in [0.2, 0.25) is 0 Å². The molecule has 1 rings (SSSR count). The third kappa shape index (κ3) is 2.95. The zero-order valence-corrected chi connectivity index (χ0v) is 3.57. The molecule has 1 aromatic rings. The molecule has 3 N–H and O–H groups in total. The molecular formula is C3H6N2O2. The number of hydrogen-bond donors (Lipinski definition) is 3. The monoisotopic (exact) mass is 102 g/mol. The Morgan fingerprint density at radius 1 is 1.43 bits per heavy atom. The van der Waals surface area contributed by atoms with Gasteiger partial charge < -0.3 is 4.98 Å². The van der Waals surface area contributed by atoms with E-state index in [4.69, 9.17) is 10.5 Å². The summed E-state index contributed by atoms with van der Waals surface area (Å²) >= 11 is 0. The Labute approximate surface area is 40.4 Å². The van der Waals surface area contributed by atoms with Gasteiger partial charge in [0.1, 0.15) is 0 Å². The lowest BCUT2D eigenvalue weighted by atomic mass is 11.0. The van der Waals surface area contributed by atoms with Gasteiger partial charge in [0.25, 0.3) is 0 Å². The van der Waals surface area contributed by atoms with Crippen LogP contribution in [0.15, 0.2) is 18.7 Å². The van der Waals surface area contributed by atoms with Crippen LogP contribution in [0.4, 0.5) is 0 Å². The van der Waals surface area contributed by atoms with Crippen molar-refractivity contribution in [2.75, 3.05) is 0 Å². The lowest BCUT2D eigenvalue weighted by Crippen LogP contribution is -1.44. The fraction of sp³-hybridized carbons (Fsp3) is 0. The number of imidazole rings is 1. The lowest BCUT2D eigenvalue weighted by Gasteiger charge is -1.46. The van der Waals surface area contributed by atoms with E-state index in [2.05, 4.69) is 9.97 Å². The van der Waals surface area contributed by atoms with Crippen molar-refractivity contribution in [3.63, 3.8) is 0 Å². The molecule has 0 saturated heterocycles. The normalized spacial score (nSPS) is 6.57. The number of nitrogens with zero attached hydrogens (tertiary/aromatic N) is 1. The van der Waals surface area contributed by atoms with Crippen LogP contribution in [0.25, 0.3) is 0 Å². The highest BCUT2D eigenvalue weighted by molar-refractivity contribution is 4.64. The molecule has 1 heterocycles. The first-order valence-corrected chi connectivity index (χ1v) is 1.63.